The molecule has 0 atom stereocenters. The molecule has 3 aliphatic heterocycles. The maximum atomic E-state index is 14.4. The largest absolute Gasteiger partial charge is 0.357 e. The van der Waals surface area contributed by atoms with Crippen LogP contribution in [0.1, 0.15) is 46.8 Å². The molecule has 0 radical (unpaired) electrons. The number of nitrogens with one attached hydrogen (secondary N) is 1. The highest BCUT2D eigenvalue weighted by molar-refractivity contribution is 5.93. The minimum Gasteiger partial charge on any atom is -0.357 e. The summed E-state index contributed by atoms with van der Waals surface area (Å²) in [4.78, 5) is 10.5. The molecule has 1 fully saturated rings. The van der Waals surface area contributed by atoms with Crippen LogP contribution < -0.4 is 0 Å². The van der Waals surface area contributed by atoms with E-state index in [0.29, 0.717) is 5.92 Å². The summed E-state index contributed by atoms with van der Waals surface area (Å²) in [6, 6.07) is 7.34. The third-order valence-electron chi connectivity index (χ3n) is 5.81. The Morgan fingerprint density at radius 3 is 2.81 bits per heavy atom. The van der Waals surface area contributed by atoms with Crippen molar-refractivity contribution in [1.82, 2.24) is 14.9 Å². The van der Waals surface area contributed by atoms with Gasteiger partial charge in [0.25, 0.3) is 0 Å². The van der Waals surface area contributed by atoms with E-state index in [1.165, 1.54) is 24.1 Å². The third-order valence-corrected chi connectivity index (χ3v) is 5.81. The average Bonchev–Trinajstić information content (AvgIpc) is 2.81. The first-order valence-corrected chi connectivity index (χ1v) is 9.34. The van der Waals surface area contributed by atoms with Crippen molar-refractivity contribution in [3.8, 4) is 0 Å². The van der Waals surface area contributed by atoms with Crippen molar-refractivity contribution in [2.75, 3.05) is 13.1 Å². The Labute approximate surface area is 152 Å². The van der Waals surface area contributed by atoms with E-state index in [0.717, 1.165) is 47.4 Å². The first kappa shape index (κ1) is 15.8. The van der Waals surface area contributed by atoms with Gasteiger partial charge in [-0.15, -0.1) is 0 Å². The number of rotatable bonds is 2. The number of hydrogen-bond acceptors (Lipinski definition) is 2. The number of halogens is 1. The SMILES string of the molecule is Cc1ccc(/C=C/c2cc(F)cc3c4c([nH]c23)C2CCN(CC2)C4)cn1. The Hall–Kier alpha value is -2.46. The van der Waals surface area contributed by atoms with Crippen LogP contribution in [-0.2, 0) is 6.54 Å². The number of hydrogen-bond donors (Lipinski definition) is 1. The van der Waals surface area contributed by atoms with Crippen molar-refractivity contribution in [3.05, 3.63) is 64.4 Å². The first-order valence-electron chi connectivity index (χ1n) is 9.34. The molecule has 2 aromatic heterocycles. The number of fused-ring (bicyclic) bond motifs is 3. The quantitative estimate of drug-likeness (QED) is 0.717. The summed E-state index contributed by atoms with van der Waals surface area (Å²) >= 11 is 0. The number of aromatic nitrogens is 2. The summed E-state index contributed by atoms with van der Waals surface area (Å²) < 4.78 is 14.4. The summed E-state index contributed by atoms with van der Waals surface area (Å²) in [5, 5.41) is 1.04. The van der Waals surface area contributed by atoms with E-state index in [9.17, 15) is 4.39 Å². The summed E-state index contributed by atoms with van der Waals surface area (Å²) in [6.45, 7) is 5.20. The van der Waals surface area contributed by atoms with E-state index in [1.807, 2.05) is 37.4 Å². The number of pyridine rings is 1. The van der Waals surface area contributed by atoms with Crippen molar-refractivity contribution in [2.45, 2.75) is 32.2 Å². The van der Waals surface area contributed by atoms with Gasteiger partial charge in [-0.3, -0.25) is 9.88 Å². The second kappa shape index (κ2) is 6.06. The van der Waals surface area contributed by atoms with Gasteiger partial charge in [0.05, 0.1) is 5.52 Å². The van der Waals surface area contributed by atoms with E-state index < -0.39 is 0 Å². The number of H-pyrrole nitrogens is 1. The number of nitrogens with zero attached hydrogens (tertiary/aromatic N) is 2. The van der Waals surface area contributed by atoms with Crippen LogP contribution in [-0.4, -0.2) is 28.0 Å². The Morgan fingerprint density at radius 2 is 2.04 bits per heavy atom. The molecule has 0 unspecified atom stereocenters. The van der Waals surface area contributed by atoms with Crippen LogP contribution in [0.3, 0.4) is 0 Å². The molecule has 0 aliphatic carbocycles. The predicted molar refractivity (Wildman–Crippen MR) is 103 cm³/mol. The number of aryl methyl sites for hydroxylation is 1. The molecule has 3 aromatic rings. The molecule has 3 aliphatic rings. The van der Waals surface area contributed by atoms with Crippen LogP contribution >= 0.6 is 0 Å². The first-order chi connectivity index (χ1) is 12.7. The van der Waals surface area contributed by atoms with Crippen molar-refractivity contribution in [3.63, 3.8) is 0 Å². The lowest BCUT2D eigenvalue weighted by molar-refractivity contribution is 0.220. The highest BCUT2D eigenvalue weighted by Crippen LogP contribution is 2.40. The van der Waals surface area contributed by atoms with E-state index in [2.05, 4.69) is 14.9 Å². The fourth-order valence-electron chi connectivity index (χ4n) is 4.38. The van der Waals surface area contributed by atoms with Gasteiger partial charge in [0.2, 0.25) is 0 Å². The average molecular weight is 347 g/mol. The summed E-state index contributed by atoms with van der Waals surface area (Å²) in [5.74, 6) is 0.407. The summed E-state index contributed by atoms with van der Waals surface area (Å²) in [6.07, 6.45) is 8.23. The highest BCUT2D eigenvalue weighted by atomic mass is 19.1. The number of benzene rings is 1. The number of piperidine rings is 1. The van der Waals surface area contributed by atoms with Crippen molar-refractivity contribution >= 4 is 23.1 Å². The fourth-order valence-corrected chi connectivity index (χ4v) is 4.38. The van der Waals surface area contributed by atoms with Gasteiger partial charge in [-0.25, -0.2) is 4.39 Å². The van der Waals surface area contributed by atoms with Gasteiger partial charge < -0.3 is 4.98 Å². The Morgan fingerprint density at radius 1 is 1.19 bits per heavy atom. The van der Waals surface area contributed by atoms with Crippen LogP contribution in [0.5, 0.6) is 0 Å². The van der Waals surface area contributed by atoms with Crippen LogP contribution in [0.2, 0.25) is 0 Å². The highest BCUT2D eigenvalue weighted by Gasteiger charge is 2.30. The lowest BCUT2D eigenvalue weighted by Gasteiger charge is -2.26. The molecule has 4 heteroatoms. The molecule has 1 N–H and O–H groups in total. The molecule has 0 saturated carbocycles. The van der Waals surface area contributed by atoms with Gasteiger partial charge in [0.15, 0.2) is 0 Å². The molecule has 1 aromatic carbocycles. The van der Waals surface area contributed by atoms with Crippen molar-refractivity contribution in [2.24, 2.45) is 0 Å². The Kier molecular flexibility index (Phi) is 3.68. The van der Waals surface area contributed by atoms with Gasteiger partial charge in [-0.2, -0.15) is 0 Å². The normalized spacial score (nSPS) is 22.1. The molecule has 1 saturated heterocycles. The molecular formula is C22H22FN3. The van der Waals surface area contributed by atoms with Crippen LogP contribution in [0, 0.1) is 12.7 Å². The third kappa shape index (κ3) is 2.65. The molecule has 26 heavy (non-hydrogen) atoms. The maximum Gasteiger partial charge on any atom is 0.124 e. The topological polar surface area (TPSA) is 31.9 Å². The second-order valence-corrected chi connectivity index (χ2v) is 7.55. The van der Waals surface area contributed by atoms with E-state index in [4.69, 9.17) is 0 Å². The van der Waals surface area contributed by atoms with Gasteiger partial charge in [0.1, 0.15) is 5.82 Å². The van der Waals surface area contributed by atoms with Crippen LogP contribution in [0.15, 0.2) is 30.5 Å². The zero-order valence-corrected chi connectivity index (χ0v) is 14.9. The Bertz CT molecular complexity index is 992. The molecule has 5 heterocycles. The zero-order valence-electron chi connectivity index (χ0n) is 14.9. The summed E-state index contributed by atoms with van der Waals surface area (Å²) in [7, 11) is 0. The number of aromatic amines is 1. The van der Waals surface area contributed by atoms with E-state index in [-0.39, 0.29) is 5.82 Å². The van der Waals surface area contributed by atoms with E-state index in [1.54, 1.807) is 12.1 Å². The molecule has 0 spiro atoms. The zero-order chi connectivity index (χ0) is 17.7. The van der Waals surface area contributed by atoms with Gasteiger partial charge in [-0.05, 0) is 62.2 Å². The molecule has 0 amide bonds. The molecule has 3 nitrogen and oxygen atoms in total. The van der Waals surface area contributed by atoms with Gasteiger partial charge >= 0.3 is 0 Å². The molecule has 6 rings (SSSR count). The fraction of sp³-hybridized carbons (Fsp3) is 0.318. The van der Waals surface area contributed by atoms with Crippen LogP contribution in [0.25, 0.3) is 23.1 Å². The predicted octanol–water partition coefficient (Wildman–Crippen LogP) is 4.87. The van der Waals surface area contributed by atoms with Crippen molar-refractivity contribution < 1.29 is 4.39 Å². The van der Waals surface area contributed by atoms with Crippen molar-refractivity contribution in [1.29, 1.82) is 0 Å². The lowest BCUT2D eigenvalue weighted by atomic mass is 9.94. The smallest absolute Gasteiger partial charge is 0.124 e. The minimum atomic E-state index is -0.174. The van der Waals surface area contributed by atoms with Gasteiger partial charge in [-0.1, -0.05) is 18.2 Å². The second-order valence-electron chi connectivity index (χ2n) is 7.55. The maximum absolute atomic E-state index is 14.4. The van der Waals surface area contributed by atoms with Gasteiger partial charge in [0, 0.05) is 41.0 Å². The molecule has 132 valence electrons. The minimum absolute atomic E-state index is 0.174. The summed E-state index contributed by atoms with van der Waals surface area (Å²) in [5.41, 5.74) is 6.60. The Balaban J connectivity index is 1.61. The standard InChI is InChI=1S/C22H22FN3/c1-14-2-3-15(12-24-14)4-5-17-10-18(23)11-19-20-13-26-8-6-16(7-9-26)21(20)25-22(17)19/h2-5,10-12,16,25H,6-9,13H2,1H3/b5-4+. The molecular weight excluding hydrogens is 325 g/mol. The molecule has 2 bridgehead atoms. The van der Waals surface area contributed by atoms with E-state index >= 15 is 0 Å². The van der Waals surface area contributed by atoms with Crippen LogP contribution in [0.4, 0.5) is 4.39 Å². The lowest BCUT2D eigenvalue weighted by Crippen LogP contribution is -2.29. The monoisotopic (exact) mass is 347 g/mol.